The molecular weight excluding hydrogens is 382 g/mol. The van der Waals surface area contributed by atoms with Crippen LogP contribution in [-0.2, 0) is 17.7 Å². The predicted molar refractivity (Wildman–Crippen MR) is 110 cm³/mol. The van der Waals surface area contributed by atoms with E-state index in [0.29, 0.717) is 38.5 Å². The second-order valence-corrected chi connectivity index (χ2v) is 7.56. The van der Waals surface area contributed by atoms with Gasteiger partial charge in [-0.1, -0.05) is 0 Å². The third kappa shape index (κ3) is 3.52. The number of hydrogen-bond donors (Lipinski definition) is 0. The van der Waals surface area contributed by atoms with Gasteiger partial charge in [-0.25, -0.2) is 4.68 Å². The molecule has 1 fully saturated rings. The Hall–Kier alpha value is -3.33. The number of nitrogens with zero attached hydrogens (tertiary/aromatic N) is 7. The highest BCUT2D eigenvalue weighted by Gasteiger charge is 2.24. The van der Waals surface area contributed by atoms with E-state index in [1.54, 1.807) is 11.1 Å². The van der Waals surface area contributed by atoms with Gasteiger partial charge in [0.05, 0.1) is 25.1 Å². The number of pyridine rings is 1. The van der Waals surface area contributed by atoms with Crippen molar-refractivity contribution in [2.75, 3.05) is 37.7 Å². The van der Waals surface area contributed by atoms with Crippen molar-refractivity contribution in [3.63, 3.8) is 0 Å². The first-order valence-electron chi connectivity index (χ1n) is 10.1. The zero-order valence-corrected chi connectivity index (χ0v) is 16.9. The fraction of sp³-hybridized carbons (Fsp3) is 0.381. The molecule has 5 heterocycles. The lowest BCUT2D eigenvalue weighted by Gasteiger charge is -2.30. The van der Waals surface area contributed by atoms with Crippen LogP contribution in [0.15, 0.2) is 36.8 Å². The number of aromatic nitrogens is 5. The minimum atomic E-state index is -0.0856. The zero-order valence-electron chi connectivity index (χ0n) is 16.9. The number of hydrogen-bond acceptors (Lipinski definition) is 7. The molecule has 0 bridgehead atoms. The van der Waals surface area contributed by atoms with E-state index in [9.17, 15) is 4.79 Å². The summed E-state index contributed by atoms with van der Waals surface area (Å²) < 4.78 is 7.13. The van der Waals surface area contributed by atoms with Crippen molar-refractivity contribution < 1.29 is 9.53 Å². The normalized spacial score (nSPS) is 16.4. The lowest BCUT2D eigenvalue weighted by atomic mass is 10.0. The third-order valence-electron chi connectivity index (χ3n) is 5.57. The van der Waals surface area contributed by atoms with Gasteiger partial charge in [0.1, 0.15) is 0 Å². The molecule has 0 spiro atoms. The summed E-state index contributed by atoms with van der Waals surface area (Å²) in [4.78, 5) is 21.3. The fourth-order valence-electron chi connectivity index (χ4n) is 3.97. The van der Waals surface area contributed by atoms with Crippen LogP contribution in [0.1, 0.15) is 27.3 Å². The van der Waals surface area contributed by atoms with E-state index in [2.05, 4.69) is 31.2 Å². The number of anilines is 1. The molecule has 0 N–H and O–H groups in total. The van der Waals surface area contributed by atoms with Gasteiger partial charge < -0.3 is 14.5 Å². The predicted octanol–water partition coefficient (Wildman–Crippen LogP) is 1.40. The van der Waals surface area contributed by atoms with E-state index in [1.165, 1.54) is 0 Å². The summed E-state index contributed by atoms with van der Waals surface area (Å²) in [5, 5.41) is 13.0. The first-order valence-corrected chi connectivity index (χ1v) is 10.1. The number of fused-ring (bicyclic) bond motifs is 1. The maximum atomic E-state index is 12.7. The van der Waals surface area contributed by atoms with Gasteiger partial charge in [0.15, 0.2) is 11.5 Å². The Bertz CT molecular complexity index is 1060. The van der Waals surface area contributed by atoms with Crippen LogP contribution < -0.4 is 4.90 Å². The van der Waals surface area contributed by atoms with Gasteiger partial charge in [-0.2, -0.15) is 5.10 Å². The molecular formula is C21H23N7O2. The van der Waals surface area contributed by atoms with Gasteiger partial charge in [-0.05, 0) is 36.2 Å². The zero-order chi connectivity index (χ0) is 20.5. The maximum absolute atomic E-state index is 12.7. The maximum Gasteiger partial charge on any atom is 0.274 e. The standard InChI is InChI=1S/C21H23N7O2/c1-15-11-19(21(29)26-7-9-30-10-8-26)24-25-20(15)27-6-3-18-16(14-27)12-17(13-22-18)28-5-2-4-23-28/h2,4-5,11-13H,3,6-10,14H2,1H3. The summed E-state index contributed by atoms with van der Waals surface area (Å²) in [5.41, 5.74) is 4.53. The summed E-state index contributed by atoms with van der Waals surface area (Å²) in [5.74, 6) is 0.723. The number of carbonyl (C=O) groups excluding carboxylic acids is 1. The highest BCUT2D eigenvalue weighted by atomic mass is 16.5. The van der Waals surface area contributed by atoms with E-state index in [4.69, 9.17) is 4.74 Å². The van der Waals surface area contributed by atoms with Crippen LogP contribution in [0.5, 0.6) is 0 Å². The molecule has 9 heteroatoms. The molecule has 0 unspecified atom stereocenters. The summed E-state index contributed by atoms with van der Waals surface area (Å²) in [6.45, 7) is 5.81. The molecule has 9 nitrogen and oxygen atoms in total. The molecule has 0 radical (unpaired) electrons. The summed E-state index contributed by atoms with van der Waals surface area (Å²) in [6.07, 6.45) is 6.36. The Labute approximate surface area is 174 Å². The Balaban J connectivity index is 1.36. The van der Waals surface area contributed by atoms with E-state index in [0.717, 1.165) is 41.3 Å². The molecule has 0 aromatic carbocycles. The van der Waals surface area contributed by atoms with Gasteiger partial charge in [0.25, 0.3) is 5.91 Å². The molecule has 5 rings (SSSR count). The van der Waals surface area contributed by atoms with Crippen LogP contribution in [-0.4, -0.2) is 68.6 Å². The van der Waals surface area contributed by atoms with E-state index < -0.39 is 0 Å². The van der Waals surface area contributed by atoms with Crippen LogP contribution >= 0.6 is 0 Å². The minimum Gasteiger partial charge on any atom is -0.378 e. The largest absolute Gasteiger partial charge is 0.378 e. The molecule has 30 heavy (non-hydrogen) atoms. The van der Waals surface area contributed by atoms with Crippen LogP contribution in [0.2, 0.25) is 0 Å². The monoisotopic (exact) mass is 405 g/mol. The average molecular weight is 405 g/mol. The lowest BCUT2D eigenvalue weighted by molar-refractivity contribution is 0.0298. The Morgan fingerprint density at radius 3 is 2.77 bits per heavy atom. The molecule has 0 atom stereocenters. The molecule has 2 aliphatic rings. The number of carbonyl (C=O) groups is 1. The van der Waals surface area contributed by atoms with Crippen molar-refractivity contribution in [3.8, 4) is 5.69 Å². The molecule has 154 valence electrons. The first kappa shape index (κ1) is 18.7. The Morgan fingerprint density at radius 2 is 2.00 bits per heavy atom. The van der Waals surface area contributed by atoms with Crippen molar-refractivity contribution in [1.29, 1.82) is 0 Å². The quantitative estimate of drug-likeness (QED) is 0.651. The lowest BCUT2D eigenvalue weighted by Crippen LogP contribution is -2.41. The van der Waals surface area contributed by atoms with Gasteiger partial charge >= 0.3 is 0 Å². The SMILES string of the molecule is Cc1cc(C(=O)N2CCOCC2)nnc1N1CCc2ncc(-n3cccn3)cc2C1. The van der Waals surface area contributed by atoms with E-state index in [1.807, 2.05) is 36.1 Å². The molecule has 0 saturated carbocycles. The second kappa shape index (κ2) is 7.83. The Kier molecular flexibility index (Phi) is 4.88. The molecule has 1 amide bonds. The van der Waals surface area contributed by atoms with Crippen molar-refractivity contribution >= 4 is 11.7 Å². The van der Waals surface area contributed by atoms with Crippen LogP contribution in [0.4, 0.5) is 5.82 Å². The molecule has 2 aliphatic heterocycles. The van der Waals surface area contributed by atoms with E-state index >= 15 is 0 Å². The van der Waals surface area contributed by atoms with Gasteiger partial charge in [-0.15, -0.1) is 10.2 Å². The van der Waals surface area contributed by atoms with Crippen LogP contribution in [0.25, 0.3) is 5.69 Å². The average Bonchev–Trinajstić information content (AvgIpc) is 3.33. The number of amides is 1. The molecule has 1 saturated heterocycles. The molecule has 3 aromatic rings. The first-order chi connectivity index (χ1) is 14.7. The van der Waals surface area contributed by atoms with Crippen molar-refractivity contribution in [2.45, 2.75) is 19.9 Å². The van der Waals surface area contributed by atoms with Crippen molar-refractivity contribution in [3.05, 3.63) is 59.3 Å². The van der Waals surface area contributed by atoms with Crippen molar-refractivity contribution in [1.82, 2.24) is 29.9 Å². The van der Waals surface area contributed by atoms with Crippen LogP contribution in [0.3, 0.4) is 0 Å². The Morgan fingerprint density at radius 1 is 1.13 bits per heavy atom. The number of ether oxygens (including phenoxy) is 1. The minimum absolute atomic E-state index is 0.0856. The van der Waals surface area contributed by atoms with Gasteiger partial charge in [0, 0.05) is 50.7 Å². The van der Waals surface area contributed by atoms with E-state index in [-0.39, 0.29) is 5.91 Å². The highest BCUT2D eigenvalue weighted by molar-refractivity contribution is 5.92. The summed E-state index contributed by atoms with van der Waals surface area (Å²) in [7, 11) is 0. The highest BCUT2D eigenvalue weighted by Crippen LogP contribution is 2.26. The topological polar surface area (TPSA) is 89.3 Å². The number of morpholine rings is 1. The smallest absolute Gasteiger partial charge is 0.274 e. The molecule has 0 aliphatic carbocycles. The fourth-order valence-corrected chi connectivity index (χ4v) is 3.97. The van der Waals surface area contributed by atoms with Gasteiger partial charge in [-0.3, -0.25) is 9.78 Å². The number of rotatable bonds is 3. The summed E-state index contributed by atoms with van der Waals surface area (Å²) in [6, 6.07) is 5.86. The molecule has 3 aromatic heterocycles. The van der Waals surface area contributed by atoms with Crippen LogP contribution in [0, 0.1) is 6.92 Å². The van der Waals surface area contributed by atoms with Crippen molar-refractivity contribution in [2.24, 2.45) is 0 Å². The summed E-state index contributed by atoms with van der Waals surface area (Å²) >= 11 is 0. The van der Waals surface area contributed by atoms with Gasteiger partial charge in [0.2, 0.25) is 0 Å². The second-order valence-electron chi connectivity index (χ2n) is 7.56. The third-order valence-corrected chi connectivity index (χ3v) is 5.57. The number of aryl methyl sites for hydroxylation is 1.